The normalized spacial score (nSPS) is 12.3. The molecule has 1 atom stereocenters. The maximum Gasteiger partial charge on any atom is 0.306 e. The van der Waals surface area contributed by atoms with Crippen LogP contribution in [0.2, 0.25) is 0 Å². The second-order valence-electron chi connectivity index (χ2n) is 5.10. The zero-order valence-electron chi connectivity index (χ0n) is 12.7. The van der Waals surface area contributed by atoms with Crippen molar-refractivity contribution in [2.24, 2.45) is 0 Å². The summed E-state index contributed by atoms with van der Waals surface area (Å²) < 4.78 is 10.4. The second-order valence-corrected chi connectivity index (χ2v) is 5.10. The van der Waals surface area contributed by atoms with Crippen LogP contribution in [0.1, 0.15) is 37.5 Å². The van der Waals surface area contributed by atoms with Crippen molar-refractivity contribution in [2.75, 3.05) is 13.2 Å². The van der Waals surface area contributed by atoms with Crippen LogP contribution in [0.15, 0.2) is 28.9 Å². The summed E-state index contributed by atoms with van der Waals surface area (Å²) in [5, 5.41) is 12.6. The van der Waals surface area contributed by atoms with E-state index in [-0.39, 0.29) is 19.6 Å². The van der Waals surface area contributed by atoms with Crippen molar-refractivity contribution < 1.29 is 18.9 Å². The maximum atomic E-state index is 11.7. The first-order valence-corrected chi connectivity index (χ1v) is 7.32. The highest BCUT2D eigenvalue weighted by Crippen LogP contribution is 2.31. The minimum absolute atomic E-state index is 0.0625. The molecule has 1 aromatic carbocycles. The Labute approximate surface area is 128 Å². The Hall–Kier alpha value is -2.37. The monoisotopic (exact) mass is 305 g/mol. The first-order valence-electron chi connectivity index (χ1n) is 7.32. The smallest absolute Gasteiger partial charge is 0.306 e. The molecule has 0 spiro atoms. The van der Waals surface area contributed by atoms with Crippen LogP contribution in [0.3, 0.4) is 0 Å². The first kappa shape index (κ1) is 16.0. The van der Waals surface area contributed by atoms with Crippen molar-refractivity contribution in [1.82, 2.24) is 0 Å². The van der Waals surface area contributed by atoms with E-state index < -0.39 is 16.8 Å². The molecule has 0 N–H and O–H groups in total. The average molecular weight is 305 g/mol. The highest BCUT2D eigenvalue weighted by Gasteiger charge is 2.27. The molecule has 2 aromatic rings. The number of hydrogen-bond donors (Lipinski definition) is 0. The molecular formula is C16H19NO5. The van der Waals surface area contributed by atoms with Crippen LogP contribution in [-0.4, -0.2) is 24.0 Å². The summed E-state index contributed by atoms with van der Waals surface area (Å²) in [5.41, 5.74) is 1.16. The summed E-state index contributed by atoms with van der Waals surface area (Å²) in [5.74, 6) is -0.606. The molecule has 6 nitrogen and oxygen atoms in total. The van der Waals surface area contributed by atoms with Gasteiger partial charge in [0, 0.05) is 15.7 Å². The average Bonchev–Trinajstić information content (AvgIpc) is 2.89. The molecule has 0 saturated heterocycles. The third-order valence-electron chi connectivity index (χ3n) is 3.56. The zero-order valence-corrected chi connectivity index (χ0v) is 12.7. The van der Waals surface area contributed by atoms with Gasteiger partial charge in [-0.3, -0.25) is 14.9 Å². The molecule has 1 heterocycles. The lowest BCUT2D eigenvalue weighted by Crippen LogP contribution is -2.17. The van der Waals surface area contributed by atoms with E-state index in [1.54, 1.807) is 13.2 Å². The molecule has 0 bridgehead atoms. The highest BCUT2D eigenvalue weighted by atomic mass is 16.6. The van der Waals surface area contributed by atoms with Crippen LogP contribution >= 0.6 is 0 Å². The van der Waals surface area contributed by atoms with E-state index in [1.807, 2.05) is 18.2 Å². The number of benzene rings is 1. The van der Waals surface area contributed by atoms with E-state index in [0.717, 1.165) is 22.8 Å². The van der Waals surface area contributed by atoms with Gasteiger partial charge in [0.1, 0.15) is 5.76 Å². The number of aryl methyl sites for hydroxylation is 1. The Balaban J connectivity index is 2.34. The van der Waals surface area contributed by atoms with Crippen LogP contribution in [0, 0.1) is 10.1 Å². The molecule has 1 unspecified atom stereocenters. The summed E-state index contributed by atoms with van der Waals surface area (Å²) in [6.07, 6.45) is 2.42. The molecule has 0 aliphatic heterocycles. The summed E-state index contributed by atoms with van der Waals surface area (Å²) in [4.78, 5) is 22.1. The summed E-state index contributed by atoms with van der Waals surface area (Å²) >= 11 is 0. The molecule has 0 saturated carbocycles. The van der Waals surface area contributed by atoms with Gasteiger partial charge in [0.2, 0.25) is 6.54 Å². The molecule has 0 aliphatic rings. The Morgan fingerprint density at radius 2 is 2.18 bits per heavy atom. The molecule has 6 heteroatoms. The van der Waals surface area contributed by atoms with Gasteiger partial charge in [-0.2, -0.15) is 0 Å². The minimum Gasteiger partial charge on any atom is -0.467 e. The number of fused-ring (bicyclic) bond motifs is 1. The molecule has 1 aromatic heterocycles. The predicted molar refractivity (Wildman–Crippen MR) is 81.4 cm³/mol. The molecule has 0 fully saturated rings. The Bertz CT molecular complexity index is 676. The number of carbonyl (C=O) groups is 1. The van der Waals surface area contributed by atoms with E-state index in [2.05, 4.69) is 6.92 Å². The highest BCUT2D eigenvalue weighted by molar-refractivity contribution is 5.85. The van der Waals surface area contributed by atoms with Gasteiger partial charge in [-0.05, 0) is 25.0 Å². The summed E-state index contributed by atoms with van der Waals surface area (Å²) in [6.45, 7) is 3.65. The number of nitro groups is 1. The van der Waals surface area contributed by atoms with E-state index in [4.69, 9.17) is 9.15 Å². The zero-order chi connectivity index (χ0) is 16.1. The van der Waals surface area contributed by atoms with Crippen LogP contribution in [0.25, 0.3) is 10.8 Å². The van der Waals surface area contributed by atoms with E-state index >= 15 is 0 Å². The number of esters is 1. The SMILES string of the molecule is CCOC(=O)CC(C[N+](=O)[O-])c1occ2cc(CC)ccc12. The fourth-order valence-electron chi connectivity index (χ4n) is 2.50. The number of nitrogens with zero attached hydrogens (tertiary/aromatic N) is 1. The van der Waals surface area contributed by atoms with Gasteiger partial charge >= 0.3 is 5.97 Å². The van der Waals surface area contributed by atoms with Crippen molar-refractivity contribution >= 4 is 16.7 Å². The van der Waals surface area contributed by atoms with Crippen molar-refractivity contribution in [3.63, 3.8) is 0 Å². The maximum absolute atomic E-state index is 11.7. The van der Waals surface area contributed by atoms with Crippen molar-refractivity contribution in [3.05, 3.63) is 45.9 Å². The third kappa shape index (κ3) is 3.63. The quantitative estimate of drug-likeness (QED) is 0.445. The van der Waals surface area contributed by atoms with Gasteiger partial charge in [0.25, 0.3) is 0 Å². The molecule has 0 aliphatic carbocycles. The molecule has 2 rings (SSSR count). The van der Waals surface area contributed by atoms with Gasteiger partial charge in [-0.25, -0.2) is 0 Å². The standard InChI is InChI=1S/C16H19NO5/c1-3-11-5-6-14-13(7-11)10-22-16(14)12(9-17(19)20)8-15(18)21-4-2/h5-7,10,12H,3-4,8-9H2,1-2H3. The molecule has 22 heavy (non-hydrogen) atoms. The van der Waals surface area contributed by atoms with Crippen LogP contribution in [0.4, 0.5) is 0 Å². The van der Waals surface area contributed by atoms with E-state index in [0.29, 0.717) is 5.76 Å². The molecule has 118 valence electrons. The van der Waals surface area contributed by atoms with E-state index in [1.165, 1.54) is 0 Å². The van der Waals surface area contributed by atoms with E-state index in [9.17, 15) is 14.9 Å². The van der Waals surface area contributed by atoms with Gasteiger partial charge in [-0.1, -0.05) is 19.1 Å². The van der Waals surface area contributed by atoms with Gasteiger partial charge < -0.3 is 9.15 Å². The number of ether oxygens (including phenoxy) is 1. The Morgan fingerprint density at radius 1 is 1.41 bits per heavy atom. The fourth-order valence-corrected chi connectivity index (χ4v) is 2.50. The number of rotatable bonds is 7. The molecule has 0 radical (unpaired) electrons. The van der Waals surface area contributed by atoms with Crippen molar-refractivity contribution in [1.29, 1.82) is 0 Å². The van der Waals surface area contributed by atoms with Crippen LogP contribution < -0.4 is 0 Å². The molecule has 0 amide bonds. The molecular weight excluding hydrogens is 286 g/mol. The van der Waals surface area contributed by atoms with Gasteiger partial charge in [0.05, 0.1) is 25.2 Å². The number of furan rings is 1. The van der Waals surface area contributed by atoms with Crippen molar-refractivity contribution in [3.8, 4) is 0 Å². The lowest BCUT2D eigenvalue weighted by atomic mass is 9.98. The lowest BCUT2D eigenvalue weighted by molar-refractivity contribution is -0.483. The fraction of sp³-hybridized carbons (Fsp3) is 0.438. The lowest BCUT2D eigenvalue weighted by Gasteiger charge is -2.10. The largest absolute Gasteiger partial charge is 0.467 e. The van der Waals surface area contributed by atoms with Gasteiger partial charge in [-0.15, -0.1) is 0 Å². The second kappa shape index (κ2) is 7.06. The van der Waals surface area contributed by atoms with Crippen molar-refractivity contribution in [2.45, 2.75) is 32.6 Å². The Kier molecular flexibility index (Phi) is 5.14. The Morgan fingerprint density at radius 3 is 2.82 bits per heavy atom. The van der Waals surface area contributed by atoms with Crippen LogP contribution in [0.5, 0.6) is 0 Å². The topological polar surface area (TPSA) is 82.6 Å². The number of hydrogen-bond acceptors (Lipinski definition) is 5. The minimum atomic E-state index is -0.626. The third-order valence-corrected chi connectivity index (χ3v) is 3.56. The first-order chi connectivity index (χ1) is 10.5. The predicted octanol–water partition coefficient (Wildman–Crippen LogP) is 3.31. The summed E-state index contributed by atoms with van der Waals surface area (Å²) in [6, 6.07) is 5.86. The van der Waals surface area contributed by atoms with Gasteiger partial charge in [0.15, 0.2) is 0 Å². The summed E-state index contributed by atoms with van der Waals surface area (Å²) in [7, 11) is 0. The number of carbonyl (C=O) groups excluding carboxylic acids is 1. The van der Waals surface area contributed by atoms with Crippen LogP contribution in [-0.2, 0) is 16.0 Å².